The summed E-state index contributed by atoms with van der Waals surface area (Å²) in [6.07, 6.45) is 4.52. The maximum absolute atomic E-state index is 13.0. The van der Waals surface area contributed by atoms with Crippen molar-refractivity contribution in [3.05, 3.63) is 47.0 Å². The van der Waals surface area contributed by atoms with E-state index in [9.17, 15) is 9.59 Å². The minimum absolute atomic E-state index is 0.0779. The Labute approximate surface area is 171 Å². The molecule has 154 valence electrons. The predicted molar refractivity (Wildman–Crippen MR) is 109 cm³/mol. The van der Waals surface area contributed by atoms with E-state index >= 15 is 0 Å². The van der Waals surface area contributed by atoms with Crippen LogP contribution in [-0.4, -0.2) is 51.0 Å². The Morgan fingerprint density at radius 2 is 1.93 bits per heavy atom. The zero-order valence-electron chi connectivity index (χ0n) is 17.1. The Bertz CT molecular complexity index is 887. The van der Waals surface area contributed by atoms with Crippen LogP contribution >= 0.6 is 0 Å². The molecule has 0 bridgehead atoms. The van der Waals surface area contributed by atoms with Gasteiger partial charge in [-0.3, -0.25) is 14.7 Å². The molecule has 29 heavy (non-hydrogen) atoms. The van der Waals surface area contributed by atoms with Crippen molar-refractivity contribution < 1.29 is 9.59 Å². The van der Waals surface area contributed by atoms with Crippen molar-refractivity contribution >= 4 is 11.8 Å². The first-order chi connectivity index (χ1) is 14.0. The lowest BCUT2D eigenvalue weighted by atomic mass is 10.0. The number of H-pyrrole nitrogens is 1. The Morgan fingerprint density at radius 1 is 1.17 bits per heavy atom. The van der Waals surface area contributed by atoms with Crippen LogP contribution in [0.4, 0.5) is 0 Å². The van der Waals surface area contributed by atoms with Gasteiger partial charge in [0.25, 0.3) is 0 Å². The summed E-state index contributed by atoms with van der Waals surface area (Å²) in [5.41, 5.74) is 2.16. The number of hydrogen-bond donors (Lipinski definition) is 2. The highest BCUT2D eigenvalue weighted by Crippen LogP contribution is 2.29. The Hall–Kier alpha value is -2.70. The summed E-state index contributed by atoms with van der Waals surface area (Å²) in [7, 11) is 0. The zero-order valence-corrected chi connectivity index (χ0v) is 17.1. The largest absolute Gasteiger partial charge is 0.351 e. The first-order valence-corrected chi connectivity index (χ1v) is 10.5. The molecule has 7 heteroatoms. The van der Waals surface area contributed by atoms with E-state index in [1.165, 1.54) is 0 Å². The van der Waals surface area contributed by atoms with Crippen LogP contribution in [0.2, 0.25) is 0 Å². The molecule has 1 aromatic carbocycles. The molecule has 2 atom stereocenters. The van der Waals surface area contributed by atoms with Gasteiger partial charge >= 0.3 is 0 Å². The second-order valence-electron chi connectivity index (χ2n) is 8.38. The highest BCUT2D eigenvalue weighted by atomic mass is 16.2. The Morgan fingerprint density at radius 3 is 2.62 bits per heavy atom. The number of nitrogens with one attached hydrogen (secondary N) is 2. The molecule has 4 rings (SSSR count). The molecular formula is C22H29N5O2. The fourth-order valence-corrected chi connectivity index (χ4v) is 4.51. The van der Waals surface area contributed by atoms with Gasteiger partial charge in [-0.1, -0.05) is 37.1 Å². The third-order valence-electron chi connectivity index (χ3n) is 6.28. The van der Waals surface area contributed by atoms with Gasteiger partial charge in [-0.2, -0.15) is 5.10 Å². The van der Waals surface area contributed by atoms with Crippen molar-refractivity contribution in [1.29, 1.82) is 0 Å². The van der Waals surface area contributed by atoms with Gasteiger partial charge in [-0.15, -0.1) is 0 Å². The smallest absolute Gasteiger partial charge is 0.227 e. The van der Waals surface area contributed by atoms with Crippen molar-refractivity contribution in [2.75, 3.05) is 13.1 Å². The normalized spacial score (nSPS) is 22.2. The van der Waals surface area contributed by atoms with Crippen molar-refractivity contribution in [2.45, 2.75) is 57.9 Å². The number of aryl methyl sites for hydroxylation is 2. The summed E-state index contributed by atoms with van der Waals surface area (Å²) in [4.78, 5) is 32.1. The molecule has 2 N–H and O–H groups in total. The van der Waals surface area contributed by atoms with Crippen LogP contribution in [0.25, 0.3) is 0 Å². The van der Waals surface area contributed by atoms with Crippen LogP contribution in [0.3, 0.4) is 0 Å². The van der Waals surface area contributed by atoms with Gasteiger partial charge in [0.05, 0.1) is 18.4 Å². The number of carbonyl (C=O) groups excluding carboxylic acids is 2. The number of hydrogen-bond acceptors (Lipinski definition) is 4. The zero-order chi connectivity index (χ0) is 20.4. The molecule has 0 spiro atoms. The van der Waals surface area contributed by atoms with Gasteiger partial charge in [0.15, 0.2) is 5.82 Å². The topological polar surface area (TPSA) is 91.0 Å². The minimum Gasteiger partial charge on any atom is -0.351 e. The molecule has 2 aliphatic rings. The van der Waals surface area contributed by atoms with E-state index in [4.69, 9.17) is 0 Å². The molecule has 1 aromatic heterocycles. The summed E-state index contributed by atoms with van der Waals surface area (Å²) in [5, 5.41) is 10.4. The number of benzene rings is 1. The first kappa shape index (κ1) is 19.6. The maximum Gasteiger partial charge on any atom is 0.227 e. The summed E-state index contributed by atoms with van der Waals surface area (Å²) in [6, 6.07) is 7.81. The Kier molecular flexibility index (Phi) is 5.65. The van der Waals surface area contributed by atoms with E-state index in [-0.39, 0.29) is 29.7 Å². The molecule has 2 heterocycles. The standard InChI is InChI=1S/C22H29N5O2/c1-14-7-3-4-10-17(14)11-20(28)27-12-18(21-23-15(2)25-26-21)19(13-27)24-22(29)16-8-5-6-9-16/h3-4,7,10,16,18-19H,5-6,8-9,11-13H2,1-2H3,(H,24,29)(H,23,25,26)/t18-,19-/m1/s1. The number of likely N-dealkylation sites (tertiary alicyclic amines) is 1. The predicted octanol–water partition coefficient (Wildman–Crippen LogP) is 2.27. The molecule has 0 unspecified atom stereocenters. The van der Waals surface area contributed by atoms with E-state index < -0.39 is 0 Å². The molecule has 2 aromatic rings. The van der Waals surface area contributed by atoms with E-state index in [0.717, 1.165) is 42.6 Å². The molecular weight excluding hydrogens is 366 g/mol. The average molecular weight is 396 g/mol. The second kappa shape index (κ2) is 8.35. The van der Waals surface area contributed by atoms with Crippen molar-refractivity contribution in [3.63, 3.8) is 0 Å². The van der Waals surface area contributed by atoms with Gasteiger partial charge in [0.1, 0.15) is 5.82 Å². The third kappa shape index (κ3) is 4.33. The van der Waals surface area contributed by atoms with E-state index in [2.05, 4.69) is 20.5 Å². The van der Waals surface area contributed by atoms with Crippen LogP contribution in [0.1, 0.15) is 54.4 Å². The van der Waals surface area contributed by atoms with Gasteiger partial charge in [-0.05, 0) is 37.8 Å². The number of aromatic nitrogens is 3. The van der Waals surface area contributed by atoms with Gasteiger partial charge in [0, 0.05) is 19.0 Å². The monoisotopic (exact) mass is 395 g/mol. The summed E-state index contributed by atoms with van der Waals surface area (Å²) in [6.45, 7) is 4.91. The number of carbonyl (C=O) groups is 2. The van der Waals surface area contributed by atoms with Gasteiger partial charge in [0.2, 0.25) is 11.8 Å². The van der Waals surface area contributed by atoms with E-state index in [1.54, 1.807) is 0 Å². The fraction of sp³-hybridized carbons (Fsp3) is 0.545. The lowest BCUT2D eigenvalue weighted by molar-refractivity contribution is -0.130. The molecule has 1 saturated carbocycles. The number of aromatic amines is 1. The molecule has 7 nitrogen and oxygen atoms in total. The van der Waals surface area contributed by atoms with Crippen LogP contribution in [-0.2, 0) is 16.0 Å². The quantitative estimate of drug-likeness (QED) is 0.812. The third-order valence-corrected chi connectivity index (χ3v) is 6.28. The number of rotatable bonds is 5. The van der Waals surface area contributed by atoms with Gasteiger partial charge < -0.3 is 10.2 Å². The van der Waals surface area contributed by atoms with Crippen molar-refractivity contribution in [3.8, 4) is 0 Å². The van der Waals surface area contributed by atoms with E-state index in [1.807, 2.05) is 43.0 Å². The first-order valence-electron chi connectivity index (χ1n) is 10.5. The average Bonchev–Trinajstić information content (AvgIpc) is 3.44. The number of amides is 2. The SMILES string of the molecule is Cc1nc([C@@H]2CN(C(=O)Cc3ccccc3C)C[C@H]2NC(=O)C2CCCC2)n[nH]1. The van der Waals surface area contributed by atoms with Crippen molar-refractivity contribution in [1.82, 2.24) is 25.4 Å². The molecule has 1 saturated heterocycles. The molecule has 2 fully saturated rings. The van der Waals surface area contributed by atoms with Crippen LogP contribution in [0.5, 0.6) is 0 Å². The Balaban J connectivity index is 1.49. The second-order valence-corrected chi connectivity index (χ2v) is 8.38. The highest BCUT2D eigenvalue weighted by molar-refractivity contribution is 5.81. The summed E-state index contributed by atoms with van der Waals surface area (Å²) >= 11 is 0. The van der Waals surface area contributed by atoms with Crippen LogP contribution in [0.15, 0.2) is 24.3 Å². The van der Waals surface area contributed by atoms with Crippen LogP contribution < -0.4 is 5.32 Å². The van der Waals surface area contributed by atoms with Crippen molar-refractivity contribution in [2.24, 2.45) is 5.92 Å². The molecule has 1 aliphatic heterocycles. The highest BCUT2D eigenvalue weighted by Gasteiger charge is 2.40. The number of nitrogens with zero attached hydrogens (tertiary/aromatic N) is 3. The lowest BCUT2D eigenvalue weighted by Crippen LogP contribution is -2.43. The lowest BCUT2D eigenvalue weighted by Gasteiger charge is -2.20. The summed E-state index contributed by atoms with van der Waals surface area (Å²) in [5.74, 6) is 1.61. The van der Waals surface area contributed by atoms with Gasteiger partial charge in [-0.25, -0.2) is 4.98 Å². The minimum atomic E-state index is -0.154. The molecule has 2 amide bonds. The fourth-order valence-electron chi connectivity index (χ4n) is 4.51. The summed E-state index contributed by atoms with van der Waals surface area (Å²) < 4.78 is 0. The van der Waals surface area contributed by atoms with E-state index in [0.29, 0.717) is 25.3 Å². The molecule has 0 radical (unpaired) electrons. The van der Waals surface area contributed by atoms with Crippen LogP contribution in [0, 0.1) is 19.8 Å². The molecule has 1 aliphatic carbocycles. The maximum atomic E-state index is 13.0.